The summed E-state index contributed by atoms with van der Waals surface area (Å²) in [6, 6.07) is 16.9. The number of nitrogens with one attached hydrogen (secondary N) is 2. The van der Waals surface area contributed by atoms with Crippen LogP contribution in [0.3, 0.4) is 0 Å². The number of hydrogen-bond donors (Lipinski definition) is 2. The van der Waals surface area contributed by atoms with Crippen molar-refractivity contribution >= 4 is 38.5 Å². The van der Waals surface area contributed by atoms with Crippen LogP contribution >= 0.6 is 11.3 Å². The van der Waals surface area contributed by atoms with E-state index in [0.717, 1.165) is 33.8 Å². The second-order valence-electron chi connectivity index (χ2n) is 7.06. The maximum absolute atomic E-state index is 13.0. The molecule has 1 saturated heterocycles. The van der Waals surface area contributed by atoms with Gasteiger partial charge in [0.25, 0.3) is 0 Å². The zero-order valence-corrected chi connectivity index (χ0v) is 17.0. The van der Waals surface area contributed by atoms with Crippen molar-refractivity contribution in [1.82, 2.24) is 15.2 Å². The average Bonchev–Trinajstić information content (AvgIpc) is 3.16. The number of aromatic nitrogens is 1. The van der Waals surface area contributed by atoms with Crippen molar-refractivity contribution in [3.05, 3.63) is 60.2 Å². The van der Waals surface area contributed by atoms with E-state index in [1.807, 2.05) is 54.6 Å². The Morgan fingerprint density at radius 2 is 1.86 bits per heavy atom. The van der Waals surface area contributed by atoms with Gasteiger partial charge >= 0.3 is 0 Å². The molecule has 1 aromatic heterocycles. The molecule has 3 aromatic rings. The maximum atomic E-state index is 13.0. The number of thiazole rings is 1. The minimum Gasteiger partial charge on any atom is -0.360 e. The second kappa shape index (κ2) is 9.05. The van der Waals surface area contributed by atoms with Crippen LogP contribution in [-0.4, -0.2) is 41.3 Å². The van der Waals surface area contributed by atoms with Crippen LogP contribution in [0.15, 0.2) is 54.6 Å². The average molecular weight is 409 g/mol. The van der Waals surface area contributed by atoms with Crippen molar-refractivity contribution in [2.75, 3.05) is 25.0 Å². The van der Waals surface area contributed by atoms with E-state index in [4.69, 9.17) is 0 Å². The minimum absolute atomic E-state index is 0.0489. The highest BCUT2D eigenvalue weighted by Gasteiger charge is 2.32. The zero-order chi connectivity index (χ0) is 20.1. The monoisotopic (exact) mass is 408 g/mol. The van der Waals surface area contributed by atoms with Gasteiger partial charge in [0, 0.05) is 26.1 Å². The number of likely N-dealkylation sites (tertiary alicyclic amines) is 1. The molecule has 2 N–H and O–H groups in total. The summed E-state index contributed by atoms with van der Waals surface area (Å²) < 4.78 is 1.13. The highest BCUT2D eigenvalue weighted by molar-refractivity contribution is 7.22. The first-order chi connectivity index (χ1) is 14.2. The predicted octanol–water partition coefficient (Wildman–Crippen LogP) is 3.58. The molecule has 2 aromatic carbocycles. The van der Waals surface area contributed by atoms with E-state index in [-0.39, 0.29) is 11.8 Å². The van der Waals surface area contributed by atoms with Crippen molar-refractivity contribution in [2.24, 2.45) is 0 Å². The van der Waals surface area contributed by atoms with E-state index in [9.17, 15) is 9.59 Å². The van der Waals surface area contributed by atoms with Crippen molar-refractivity contribution in [1.29, 1.82) is 0 Å². The Kier molecular flexibility index (Phi) is 6.05. The van der Waals surface area contributed by atoms with Crippen LogP contribution in [0.2, 0.25) is 0 Å². The molecule has 29 heavy (non-hydrogen) atoms. The number of benzene rings is 2. The largest absolute Gasteiger partial charge is 0.360 e. The van der Waals surface area contributed by atoms with E-state index in [1.54, 1.807) is 16.2 Å². The van der Waals surface area contributed by atoms with Gasteiger partial charge in [-0.2, -0.15) is 0 Å². The highest BCUT2D eigenvalue weighted by atomic mass is 32.1. The third-order valence-electron chi connectivity index (χ3n) is 5.03. The summed E-state index contributed by atoms with van der Waals surface area (Å²) in [6.45, 7) is 1.65. The van der Waals surface area contributed by atoms with Crippen LogP contribution in [0.25, 0.3) is 10.2 Å². The molecule has 2 amide bonds. The number of rotatable bonds is 7. The van der Waals surface area contributed by atoms with Crippen molar-refractivity contribution in [2.45, 2.75) is 25.3 Å². The molecule has 0 bridgehead atoms. The second-order valence-corrected chi connectivity index (χ2v) is 8.09. The molecule has 1 atom stereocenters. The summed E-state index contributed by atoms with van der Waals surface area (Å²) >= 11 is 1.59. The fourth-order valence-electron chi connectivity index (χ4n) is 3.61. The van der Waals surface area contributed by atoms with Gasteiger partial charge in [0.15, 0.2) is 5.13 Å². The molecule has 7 heteroatoms. The molecule has 150 valence electrons. The number of nitrogens with zero attached hydrogens (tertiary/aromatic N) is 2. The first-order valence-electron chi connectivity index (χ1n) is 9.94. The number of fused-ring (bicyclic) bond motifs is 1. The zero-order valence-electron chi connectivity index (χ0n) is 16.1. The lowest BCUT2D eigenvalue weighted by Gasteiger charge is -2.34. The summed E-state index contributed by atoms with van der Waals surface area (Å²) in [7, 11) is 0. The Labute approximate surface area is 173 Å². The standard InChI is InChI=1S/C22H24N4O2S/c27-19-12-6-7-15-26(19)20(16-8-2-1-3-9-16)21(28)23-13-14-24-22-25-17-10-4-5-11-18(17)29-22/h1-5,8-11,20H,6-7,12-15H2,(H,23,28)(H,24,25). The number of piperidine rings is 1. The molecule has 4 rings (SSSR count). The molecule has 1 aliphatic rings. The van der Waals surface area contributed by atoms with Crippen molar-refractivity contribution in [3.8, 4) is 0 Å². The molecule has 0 spiro atoms. The van der Waals surface area contributed by atoms with Gasteiger partial charge in [-0.25, -0.2) is 4.98 Å². The van der Waals surface area contributed by atoms with Gasteiger partial charge in [0.1, 0.15) is 6.04 Å². The normalized spacial score (nSPS) is 15.3. The summed E-state index contributed by atoms with van der Waals surface area (Å²) in [5.74, 6) is -0.0922. The molecular weight excluding hydrogens is 384 g/mol. The van der Waals surface area contributed by atoms with Crippen molar-refractivity contribution in [3.63, 3.8) is 0 Å². The summed E-state index contributed by atoms with van der Waals surface area (Å²) in [5.41, 5.74) is 1.82. The number of amides is 2. The predicted molar refractivity (Wildman–Crippen MR) is 116 cm³/mol. The van der Waals surface area contributed by atoms with Gasteiger partial charge in [-0.05, 0) is 30.5 Å². The lowest BCUT2D eigenvalue weighted by Crippen LogP contribution is -2.46. The Balaban J connectivity index is 1.38. The Hall–Kier alpha value is -2.93. The topological polar surface area (TPSA) is 74.3 Å². The van der Waals surface area contributed by atoms with Gasteiger partial charge in [-0.1, -0.05) is 53.8 Å². The lowest BCUT2D eigenvalue weighted by molar-refractivity contribution is -0.142. The van der Waals surface area contributed by atoms with Crippen LogP contribution in [0.1, 0.15) is 30.9 Å². The van der Waals surface area contributed by atoms with Crippen LogP contribution < -0.4 is 10.6 Å². The fourth-order valence-corrected chi connectivity index (χ4v) is 4.50. The van der Waals surface area contributed by atoms with E-state index in [0.29, 0.717) is 26.1 Å². The molecular formula is C22H24N4O2S. The number of para-hydroxylation sites is 1. The molecule has 2 heterocycles. The van der Waals surface area contributed by atoms with E-state index >= 15 is 0 Å². The molecule has 0 radical (unpaired) electrons. The molecule has 1 fully saturated rings. The smallest absolute Gasteiger partial charge is 0.247 e. The first kappa shape index (κ1) is 19.4. The van der Waals surface area contributed by atoms with E-state index in [2.05, 4.69) is 15.6 Å². The van der Waals surface area contributed by atoms with Crippen LogP contribution in [0.4, 0.5) is 5.13 Å². The number of carbonyl (C=O) groups excluding carboxylic acids is 2. The van der Waals surface area contributed by atoms with Gasteiger partial charge in [0.05, 0.1) is 10.2 Å². The fraction of sp³-hybridized carbons (Fsp3) is 0.318. The number of anilines is 1. The number of hydrogen-bond acceptors (Lipinski definition) is 5. The van der Waals surface area contributed by atoms with Crippen LogP contribution in [-0.2, 0) is 9.59 Å². The lowest BCUT2D eigenvalue weighted by atomic mass is 10.0. The first-order valence-corrected chi connectivity index (χ1v) is 10.8. The SMILES string of the molecule is O=C(NCCNc1nc2ccccc2s1)C(c1ccccc1)N1CCCCC1=O. The van der Waals surface area contributed by atoms with Gasteiger partial charge < -0.3 is 15.5 Å². The summed E-state index contributed by atoms with van der Waals surface area (Å²) in [5, 5.41) is 7.09. The quantitative estimate of drug-likeness (QED) is 0.586. The van der Waals surface area contributed by atoms with E-state index in [1.165, 1.54) is 0 Å². The van der Waals surface area contributed by atoms with Gasteiger partial charge in [0.2, 0.25) is 11.8 Å². The van der Waals surface area contributed by atoms with Gasteiger partial charge in [-0.3, -0.25) is 9.59 Å². The van der Waals surface area contributed by atoms with Crippen molar-refractivity contribution < 1.29 is 9.59 Å². The van der Waals surface area contributed by atoms with Crippen LogP contribution in [0.5, 0.6) is 0 Å². The Morgan fingerprint density at radius 3 is 2.66 bits per heavy atom. The molecule has 1 unspecified atom stereocenters. The highest BCUT2D eigenvalue weighted by Crippen LogP contribution is 2.26. The third-order valence-corrected chi connectivity index (χ3v) is 6.02. The maximum Gasteiger partial charge on any atom is 0.247 e. The van der Waals surface area contributed by atoms with Gasteiger partial charge in [-0.15, -0.1) is 0 Å². The van der Waals surface area contributed by atoms with Crippen LogP contribution in [0, 0.1) is 0 Å². The Morgan fingerprint density at radius 1 is 1.07 bits per heavy atom. The molecule has 0 saturated carbocycles. The summed E-state index contributed by atoms with van der Waals surface area (Å²) in [4.78, 5) is 31.7. The van der Waals surface area contributed by atoms with E-state index < -0.39 is 6.04 Å². The molecule has 1 aliphatic heterocycles. The Bertz CT molecular complexity index is 956. The number of carbonyl (C=O) groups is 2. The molecule has 0 aliphatic carbocycles. The summed E-state index contributed by atoms with van der Waals surface area (Å²) in [6.07, 6.45) is 2.34. The minimum atomic E-state index is -0.577. The third kappa shape index (κ3) is 4.56. The molecule has 6 nitrogen and oxygen atoms in total.